The Morgan fingerprint density at radius 1 is 1.80 bits per heavy atom. The van der Waals surface area contributed by atoms with Gasteiger partial charge in [0.2, 0.25) is 0 Å². The van der Waals surface area contributed by atoms with Crippen molar-refractivity contribution in [3.8, 4) is 0 Å². The van der Waals surface area contributed by atoms with E-state index in [2.05, 4.69) is 10.1 Å². The number of rotatable bonds is 3. The molecule has 0 saturated carbocycles. The lowest BCUT2D eigenvalue weighted by molar-refractivity contribution is 0.149. The van der Waals surface area contributed by atoms with E-state index in [-0.39, 0.29) is 6.04 Å². The smallest absolute Gasteiger partial charge is 0.407 e. The Morgan fingerprint density at radius 2 is 2.40 bits per heavy atom. The molecule has 0 spiro atoms. The fraction of sp³-hybridized carbons (Fsp3) is 0.833. The van der Waals surface area contributed by atoms with E-state index in [0.717, 1.165) is 0 Å². The van der Waals surface area contributed by atoms with E-state index in [0.29, 0.717) is 13.2 Å². The van der Waals surface area contributed by atoms with E-state index in [4.69, 9.17) is 5.73 Å². The first-order valence-electron chi connectivity index (χ1n) is 3.34. The van der Waals surface area contributed by atoms with Crippen LogP contribution in [0.3, 0.4) is 0 Å². The van der Waals surface area contributed by atoms with Gasteiger partial charge in [0.25, 0.3) is 0 Å². The highest BCUT2D eigenvalue weighted by molar-refractivity contribution is 5.67. The summed E-state index contributed by atoms with van der Waals surface area (Å²) in [5.74, 6) is 0. The monoisotopic (exact) mass is 146 g/mol. The molecule has 4 heteroatoms. The quantitative estimate of drug-likeness (QED) is 0.592. The lowest BCUT2D eigenvalue weighted by Gasteiger charge is -2.09. The molecule has 1 atom stereocenters. The van der Waals surface area contributed by atoms with Gasteiger partial charge >= 0.3 is 6.09 Å². The van der Waals surface area contributed by atoms with Gasteiger partial charge in [-0.3, -0.25) is 0 Å². The maximum Gasteiger partial charge on any atom is 0.407 e. The van der Waals surface area contributed by atoms with Gasteiger partial charge in [0, 0.05) is 12.6 Å². The number of amides is 1. The molecule has 0 radical (unpaired) electrons. The van der Waals surface area contributed by atoms with Crippen molar-refractivity contribution >= 4 is 6.09 Å². The Hall–Kier alpha value is -0.770. The first kappa shape index (κ1) is 9.23. The number of alkyl carbamates (subject to hydrolysis) is 1. The topological polar surface area (TPSA) is 64.3 Å². The van der Waals surface area contributed by atoms with Gasteiger partial charge in [-0.05, 0) is 13.8 Å². The number of hydrogen-bond donors (Lipinski definition) is 2. The molecule has 0 aromatic rings. The third kappa shape index (κ3) is 4.14. The molecule has 0 fully saturated rings. The van der Waals surface area contributed by atoms with Crippen LogP contribution in [0.25, 0.3) is 0 Å². The minimum atomic E-state index is -0.402. The second-order valence-electron chi connectivity index (χ2n) is 2.00. The fourth-order valence-corrected chi connectivity index (χ4v) is 0.433. The minimum absolute atomic E-state index is 0.0148. The maximum atomic E-state index is 10.6. The molecular formula is C6H14N2O2. The predicted octanol–water partition coefficient (Wildman–Crippen LogP) is 0.0797. The first-order chi connectivity index (χ1) is 4.70. The zero-order valence-electron chi connectivity index (χ0n) is 6.39. The molecular weight excluding hydrogens is 132 g/mol. The Kier molecular flexibility index (Phi) is 4.66. The average molecular weight is 146 g/mol. The van der Waals surface area contributed by atoms with Crippen molar-refractivity contribution in [1.29, 1.82) is 0 Å². The molecule has 10 heavy (non-hydrogen) atoms. The SMILES string of the molecule is CCOC(=O)NC(C)CN. The molecule has 1 amide bonds. The third-order valence-corrected chi connectivity index (χ3v) is 0.993. The molecule has 0 aromatic heterocycles. The molecule has 60 valence electrons. The van der Waals surface area contributed by atoms with Gasteiger partial charge in [-0.2, -0.15) is 0 Å². The molecule has 0 saturated heterocycles. The van der Waals surface area contributed by atoms with Gasteiger partial charge in [-0.15, -0.1) is 0 Å². The van der Waals surface area contributed by atoms with Crippen molar-refractivity contribution < 1.29 is 9.53 Å². The second kappa shape index (κ2) is 5.05. The maximum absolute atomic E-state index is 10.6. The normalized spacial score (nSPS) is 12.3. The summed E-state index contributed by atoms with van der Waals surface area (Å²) in [7, 11) is 0. The molecule has 0 aliphatic heterocycles. The van der Waals surface area contributed by atoms with Crippen LogP contribution >= 0.6 is 0 Å². The highest BCUT2D eigenvalue weighted by Gasteiger charge is 2.03. The van der Waals surface area contributed by atoms with Crippen molar-refractivity contribution in [2.75, 3.05) is 13.2 Å². The lowest BCUT2D eigenvalue weighted by Crippen LogP contribution is -2.38. The van der Waals surface area contributed by atoms with Crippen LogP contribution in [-0.4, -0.2) is 25.3 Å². The Labute approximate surface area is 60.7 Å². The summed E-state index contributed by atoms with van der Waals surface area (Å²) in [6.45, 7) is 4.39. The molecule has 0 rings (SSSR count). The molecule has 4 nitrogen and oxygen atoms in total. The van der Waals surface area contributed by atoms with Crippen molar-refractivity contribution in [1.82, 2.24) is 5.32 Å². The number of carbonyl (C=O) groups excluding carboxylic acids is 1. The van der Waals surface area contributed by atoms with Gasteiger partial charge < -0.3 is 15.8 Å². The number of nitrogens with one attached hydrogen (secondary N) is 1. The van der Waals surface area contributed by atoms with E-state index in [1.807, 2.05) is 6.92 Å². The molecule has 0 aliphatic carbocycles. The second-order valence-corrected chi connectivity index (χ2v) is 2.00. The number of carbonyl (C=O) groups is 1. The van der Waals surface area contributed by atoms with Gasteiger partial charge in [-0.25, -0.2) is 4.79 Å². The zero-order chi connectivity index (χ0) is 7.98. The summed E-state index contributed by atoms with van der Waals surface area (Å²) in [4.78, 5) is 10.6. The number of hydrogen-bond acceptors (Lipinski definition) is 3. The van der Waals surface area contributed by atoms with Crippen LogP contribution in [0.15, 0.2) is 0 Å². The van der Waals surface area contributed by atoms with Crippen LogP contribution in [-0.2, 0) is 4.74 Å². The average Bonchev–Trinajstić information content (AvgIpc) is 1.88. The van der Waals surface area contributed by atoms with Crippen molar-refractivity contribution in [3.63, 3.8) is 0 Å². The van der Waals surface area contributed by atoms with E-state index in [1.165, 1.54) is 0 Å². The molecule has 1 unspecified atom stereocenters. The summed E-state index contributed by atoms with van der Waals surface area (Å²) in [6, 6.07) is -0.0148. The van der Waals surface area contributed by atoms with Crippen molar-refractivity contribution in [3.05, 3.63) is 0 Å². The van der Waals surface area contributed by atoms with Crippen molar-refractivity contribution in [2.45, 2.75) is 19.9 Å². The third-order valence-electron chi connectivity index (χ3n) is 0.993. The van der Waals surface area contributed by atoms with E-state index < -0.39 is 6.09 Å². The highest BCUT2D eigenvalue weighted by Crippen LogP contribution is 1.80. The summed E-state index contributed by atoms with van der Waals surface area (Å²) in [5, 5.41) is 2.54. The van der Waals surface area contributed by atoms with E-state index in [1.54, 1.807) is 6.92 Å². The van der Waals surface area contributed by atoms with Crippen LogP contribution in [0.4, 0.5) is 4.79 Å². The summed E-state index contributed by atoms with van der Waals surface area (Å²) in [5.41, 5.74) is 5.25. The molecule has 3 N–H and O–H groups in total. The predicted molar refractivity (Wildman–Crippen MR) is 38.7 cm³/mol. The summed E-state index contributed by atoms with van der Waals surface area (Å²) in [6.07, 6.45) is -0.402. The summed E-state index contributed by atoms with van der Waals surface area (Å²) >= 11 is 0. The number of ether oxygens (including phenoxy) is 1. The lowest BCUT2D eigenvalue weighted by atomic mass is 10.3. The minimum Gasteiger partial charge on any atom is -0.450 e. The van der Waals surface area contributed by atoms with Crippen LogP contribution < -0.4 is 11.1 Å². The van der Waals surface area contributed by atoms with E-state index in [9.17, 15) is 4.79 Å². The van der Waals surface area contributed by atoms with Crippen LogP contribution in [0.1, 0.15) is 13.8 Å². The molecule has 0 bridgehead atoms. The van der Waals surface area contributed by atoms with Crippen molar-refractivity contribution in [2.24, 2.45) is 5.73 Å². The number of nitrogens with two attached hydrogens (primary N) is 1. The van der Waals surface area contributed by atoms with Gasteiger partial charge in [0.05, 0.1) is 6.61 Å². The summed E-state index contributed by atoms with van der Waals surface area (Å²) < 4.78 is 4.61. The Bertz CT molecular complexity index is 106. The molecule has 0 heterocycles. The largest absolute Gasteiger partial charge is 0.450 e. The standard InChI is InChI=1S/C6H14N2O2/c1-3-10-6(9)8-5(2)4-7/h5H,3-4,7H2,1-2H3,(H,8,9). The van der Waals surface area contributed by atoms with Gasteiger partial charge in [-0.1, -0.05) is 0 Å². The Morgan fingerprint density at radius 3 is 2.80 bits per heavy atom. The van der Waals surface area contributed by atoms with E-state index >= 15 is 0 Å². The zero-order valence-corrected chi connectivity index (χ0v) is 6.39. The van der Waals surface area contributed by atoms with Gasteiger partial charge in [0.15, 0.2) is 0 Å². The molecule has 0 aromatic carbocycles. The molecule has 0 aliphatic rings. The first-order valence-corrected chi connectivity index (χ1v) is 3.34. The Balaban J connectivity index is 3.37. The van der Waals surface area contributed by atoms with Crippen LogP contribution in [0, 0.1) is 0 Å². The highest BCUT2D eigenvalue weighted by atomic mass is 16.5. The van der Waals surface area contributed by atoms with Crippen LogP contribution in [0.5, 0.6) is 0 Å². The fourth-order valence-electron chi connectivity index (χ4n) is 0.433. The van der Waals surface area contributed by atoms with Gasteiger partial charge in [0.1, 0.15) is 0 Å². The van der Waals surface area contributed by atoms with Crippen LogP contribution in [0.2, 0.25) is 0 Å².